The van der Waals surface area contributed by atoms with Crippen molar-refractivity contribution in [3.05, 3.63) is 12.2 Å². The summed E-state index contributed by atoms with van der Waals surface area (Å²) < 4.78 is 0. The highest BCUT2D eigenvalue weighted by Gasteiger charge is 1.98. The van der Waals surface area contributed by atoms with Crippen molar-refractivity contribution in [2.45, 2.75) is 19.4 Å². The van der Waals surface area contributed by atoms with Gasteiger partial charge in [0.05, 0.1) is 6.10 Å². The average molecular weight is 187 g/mol. The fraction of sp³-hybridized carbons (Fsp3) is 0.500. The third kappa shape index (κ3) is 8.55. The van der Waals surface area contributed by atoms with Crippen molar-refractivity contribution >= 4 is 11.9 Å². The van der Waals surface area contributed by atoms with Gasteiger partial charge in [-0.1, -0.05) is 0 Å². The first kappa shape index (κ1) is 11.6. The highest BCUT2D eigenvalue weighted by atomic mass is 16.4. The Balaban J connectivity index is 3.58. The molecule has 0 fully saturated rings. The zero-order valence-electron chi connectivity index (χ0n) is 7.36. The zero-order chi connectivity index (χ0) is 10.3. The maximum atomic E-state index is 10.8. The minimum absolute atomic E-state index is 0.334. The summed E-state index contributed by atoms with van der Waals surface area (Å²) in [5.74, 6) is -1.63. The van der Waals surface area contributed by atoms with E-state index in [0.717, 1.165) is 12.2 Å². The standard InChI is InChI=1S/C8H13NO4/c1-6(10)4-5-9-7(11)2-3-8(12)13/h2-3,6,10H,4-5H2,1H3,(H,9,11)(H,12,13). The van der Waals surface area contributed by atoms with Gasteiger partial charge < -0.3 is 15.5 Å². The molecule has 5 nitrogen and oxygen atoms in total. The molecule has 3 N–H and O–H groups in total. The van der Waals surface area contributed by atoms with Gasteiger partial charge in [-0.15, -0.1) is 0 Å². The predicted octanol–water partition coefficient (Wildman–Crippen LogP) is -0.486. The van der Waals surface area contributed by atoms with Crippen molar-refractivity contribution in [3.8, 4) is 0 Å². The molecule has 0 aromatic rings. The molecule has 0 aromatic heterocycles. The molecule has 0 spiro atoms. The Kier molecular flexibility index (Phi) is 5.54. The third-order valence-electron chi connectivity index (χ3n) is 1.24. The number of rotatable bonds is 5. The second kappa shape index (κ2) is 6.19. The molecular weight excluding hydrogens is 174 g/mol. The van der Waals surface area contributed by atoms with Crippen LogP contribution in [0.3, 0.4) is 0 Å². The lowest BCUT2D eigenvalue weighted by atomic mass is 10.3. The summed E-state index contributed by atoms with van der Waals surface area (Å²) in [7, 11) is 0. The molecule has 0 aliphatic carbocycles. The molecule has 1 atom stereocenters. The van der Waals surface area contributed by atoms with Crippen LogP contribution in [0.2, 0.25) is 0 Å². The number of aliphatic hydroxyl groups is 1. The van der Waals surface area contributed by atoms with Crippen LogP contribution >= 0.6 is 0 Å². The number of nitrogens with one attached hydrogen (secondary N) is 1. The first-order valence-corrected chi connectivity index (χ1v) is 3.89. The van der Waals surface area contributed by atoms with Gasteiger partial charge in [-0.25, -0.2) is 4.79 Å². The van der Waals surface area contributed by atoms with E-state index in [1.54, 1.807) is 6.92 Å². The molecule has 74 valence electrons. The number of carbonyl (C=O) groups is 2. The third-order valence-corrected chi connectivity index (χ3v) is 1.24. The first-order chi connectivity index (χ1) is 6.02. The fourth-order valence-corrected chi connectivity index (χ4v) is 0.610. The van der Waals surface area contributed by atoms with E-state index >= 15 is 0 Å². The Hall–Kier alpha value is -1.36. The molecule has 0 heterocycles. The number of aliphatic hydroxyl groups excluding tert-OH is 1. The van der Waals surface area contributed by atoms with Crippen LogP contribution in [-0.2, 0) is 9.59 Å². The Morgan fingerprint density at radius 3 is 2.54 bits per heavy atom. The SMILES string of the molecule is CC(O)CCNC(=O)C=CC(=O)O. The van der Waals surface area contributed by atoms with Crippen molar-refractivity contribution < 1.29 is 19.8 Å². The molecule has 0 saturated carbocycles. The Morgan fingerprint density at radius 2 is 2.08 bits per heavy atom. The zero-order valence-corrected chi connectivity index (χ0v) is 7.36. The van der Waals surface area contributed by atoms with Gasteiger partial charge in [0.15, 0.2) is 0 Å². The number of carboxylic acids is 1. The summed E-state index contributed by atoms with van der Waals surface area (Å²) in [4.78, 5) is 20.8. The smallest absolute Gasteiger partial charge is 0.328 e. The quantitative estimate of drug-likeness (QED) is 0.507. The second-order valence-corrected chi connectivity index (χ2v) is 2.60. The summed E-state index contributed by atoms with van der Waals surface area (Å²) in [5.41, 5.74) is 0. The van der Waals surface area contributed by atoms with Crippen molar-refractivity contribution in [3.63, 3.8) is 0 Å². The molecule has 0 aliphatic rings. The topological polar surface area (TPSA) is 86.6 Å². The Bertz CT molecular complexity index is 210. The summed E-state index contributed by atoms with van der Waals surface area (Å²) in [6.07, 6.45) is 1.68. The average Bonchev–Trinajstić information content (AvgIpc) is 2.00. The summed E-state index contributed by atoms with van der Waals surface area (Å²) in [6, 6.07) is 0. The van der Waals surface area contributed by atoms with E-state index in [0.29, 0.717) is 13.0 Å². The normalized spacial score (nSPS) is 12.8. The Labute approximate surface area is 76.1 Å². The minimum Gasteiger partial charge on any atom is -0.478 e. The van der Waals surface area contributed by atoms with Crippen LogP contribution in [0.5, 0.6) is 0 Å². The summed E-state index contributed by atoms with van der Waals surface area (Å²) in [5, 5.41) is 19.4. The van der Waals surface area contributed by atoms with Gasteiger partial charge >= 0.3 is 5.97 Å². The van der Waals surface area contributed by atoms with E-state index in [1.807, 2.05) is 0 Å². The number of hydrogen-bond acceptors (Lipinski definition) is 3. The van der Waals surface area contributed by atoms with Crippen molar-refractivity contribution in [2.24, 2.45) is 0 Å². The number of amides is 1. The van der Waals surface area contributed by atoms with Crippen LogP contribution in [-0.4, -0.2) is 34.7 Å². The fourth-order valence-electron chi connectivity index (χ4n) is 0.610. The van der Waals surface area contributed by atoms with Gasteiger partial charge in [0.2, 0.25) is 5.91 Å². The highest BCUT2D eigenvalue weighted by molar-refractivity contribution is 5.93. The number of carboxylic acid groups (broad SMARTS) is 1. The van der Waals surface area contributed by atoms with E-state index in [9.17, 15) is 9.59 Å². The van der Waals surface area contributed by atoms with Crippen LogP contribution in [0.25, 0.3) is 0 Å². The number of hydrogen-bond donors (Lipinski definition) is 3. The summed E-state index contributed by atoms with van der Waals surface area (Å²) >= 11 is 0. The molecule has 0 rings (SSSR count). The van der Waals surface area contributed by atoms with Crippen molar-refractivity contribution in [1.82, 2.24) is 5.32 Å². The molecule has 5 heteroatoms. The molecule has 1 amide bonds. The van der Waals surface area contributed by atoms with Gasteiger partial charge in [-0.05, 0) is 13.3 Å². The number of aliphatic carboxylic acids is 1. The van der Waals surface area contributed by atoms with Crippen LogP contribution in [0, 0.1) is 0 Å². The van der Waals surface area contributed by atoms with Crippen LogP contribution in [0.15, 0.2) is 12.2 Å². The molecule has 0 bridgehead atoms. The van der Waals surface area contributed by atoms with E-state index in [4.69, 9.17) is 10.2 Å². The first-order valence-electron chi connectivity index (χ1n) is 3.89. The van der Waals surface area contributed by atoms with E-state index in [1.165, 1.54) is 0 Å². The minimum atomic E-state index is -1.16. The van der Waals surface area contributed by atoms with Gasteiger partial charge in [0, 0.05) is 18.7 Å². The van der Waals surface area contributed by atoms with Crippen molar-refractivity contribution in [2.75, 3.05) is 6.54 Å². The van der Waals surface area contributed by atoms with Gasteiger partial charge in [0.1, 0.15) is 0 Å². The molecule has 0 radical (unpaired) electrons. The van der Waals surface area contributed by atoms with Crippen molar-refractivity contribution in [1.29, 1.82) is 0 Å². The van der Waals surface area contributed by atoms with Gasteiger partial charge in [-0.2, -0.15) is 0 Å². The number of carbonyl (C=O) groups excluding carboxylic acids is 1. The lowest BCUT2D eigenvalue weighted by molar-refractivity contribution is -0.131. The van der Waals surface area contributed by atoms with E-state index in [2.05, 4.69) is 5.32 Å². The van der Waals surface area contributed by atoms with E-state index < -0.39 is 18.0 Å². The molecule has 0 aliphatic heterocycles. The maximum absolute atomic E-state index is 10.8. The molecular formula is C8H13NO4. The molecule has 1 unspecified atom stereocenters. The predicted molar refractivity (Wildman–Crippen MR) is 46.1 cm³/mol. The summed E-state index contributed by atoms with van der Waals surface area (Å²) in [6.45, 7) is 1.94. The monoisotopic (exact) mass is 187 g/mol. The second-order valence-electron chi connectivity index (χ2n) is 2.60. The molecule has 0 saturated heterocycles. The Morgan fingerprint density at radius 1 is 1.46 bits per heavy atom. The van der Waals surface area contributed by atoms with Crippen LogP contribution in [0.1, 0.15) is 13.3 Å². The largest absolute Gasteiger partial charge is 0.478 e. The maximum Gasteiger partial charge on any atom is 0.328 e. The molecule has 0 aromatic carbocycles. The lowest BCUT2D eigenvalue weighted by Gasteiger charge is -2.03. The van der Waals surface area contributed by atoms with Gasteiger partial charge in [-0.3, -0.25) is 4.79 Å². The van der Waals surface area contributed by atoms with Crippen LogP contribution in [0.4, 0.5) is 0 Å². The highest BCUT2D eigenvalue weighted by Crippen LogP contribution is 1.85. The lowest BCUT2D eigenvalue weighted by Crippen LogP contribution is -2.24. The van der Waals surface area contributed by atoms with Gasteiger partial charge in [0.25, 0.3) is 0 Å². The van der Waals surface area contributed by atoms with E-state index in [-0.39, 0.29) is 0 Å². The van der Waals surface area contributed by atoms with Crippen LogP contribution < -0.4 is 5.32 Å². The molecule has 13 heavy (non-hydrogen) atoms.